The van der Waals surface area contributed by atoms with E-state index in [0.29, 0.717) is 6.54 Å². The van der Waals surface area contributed by atoms with Crippen molar-refractivity contribution in [1.29, 1.82) is 0 Å². The number of rotatable bonds is 6. The molecule has 0 spiro atoms. The van der Waals surface area contributed by atoms with Crippen molar-refractivity contribution < 1.29 is 4.79 Å². The van der Waals surface area contributed by atoms with Crippen molar-refractivity contribution >= 4 is 5.91 Å². The average Bonchev–Trinajstić information content (AvgIpc) is 2.10. The predicted molar refractivity (Wildman–Crippen MR) is 68.2 cm³/mol. The van der Waals surface area contributed by atoms with Crippen LogP contribution in [0.4, 0.5) is 0 Å². The highest BCUT2D eigenvalue weighted by Gasteiger charge is 2.22. The van der Waals surface area contributed by atoms with Crippen LogP contribution in [0.2, 0.25) is 0 Å². The molecule has 4 heteroatoms. The standard InChI is InChI=1S/C12H27N3O/c1-9(2)10(13)11(16)14-7-12(3,4)8-15(5)6/h9-10H,7-8,13H2,1-6H3,(H,14,16). The molecule has 0 aliphatic rings. The zero-order valence-corrected chi connectivity index (χ0v) is 11.5. The van der Waals surface area contributed by atoms with Crippen LogP contribution in [0.1, 0.15) is 27.7 Å². The third kappa shape index (κ3) is 6.08. The second kappa shape index (κ2) is 6.21. The van der Waals surface area contributed by atoms with Gasteiger partial charge >= 0.3 is 0 Å². The van der Waals surface area contributed by atoms with Gasteiger partial charge in [0.1, 0.15) is 0 Å². The molecule has 3 N–H and O–H groups in total. The second-order valence-corrected chi connectivity index (χ2v) is 5.89. The largest absolute Gasteiger partial charge is 0.354 e. The summed E-state index contributed by atoms with van der Waals surface area (Å²) in [6.07, 6.45) is 0. The van der Waals surface area contributed by atoms with E-state index in [1.54, 1.807) is 0 Å². The number of carbonyl (C=O) groups excluding carboxylic acids is 1. The van der Waals surface area contributed by atoms with Crippen molar-refractivity contribution in [2.24, 2.45) is 17.1 Å². The predicted octanol–water partition coefficient (Wildman–Crippen LogP) is 0.674. The third-order valence-corrected chi connectivity index (χ3v) is 2.51. The van der Waals surface area contributed by atoms with Gasteiger partial charge in [-0.3, -0.25) is 4.79 Å². The number of amides is 1. The summed E-state index contributed by atoms with van der Waals surface area (Å²) in [5.74, 6) is 0.124. The maximum Gasteiger partial charge on any atom is 0.237 e. The minimum Gasteiger partial charge on any atom is -0.354 e. The van der Waals surface area contributed by atoms with Crippen LogP contribution in [0.3, 0.4) is 0 Å². The van der Waals surface area contributed by atoms with Crippen molar-refractivity contribution in [2.45, 2.75) is 33.7 Å². The fourth-order valence-corrected chi connectivity index (χ4v) is 1.66. The molecule has 16 heavy (non-hydrogen) atoms. The number of carbonyl (C=O) groups is 1. The summed E-state index contributed by atoms with van der Waals surface area (Å²) in [6, 6.07) is -0.407. The number of hydrogen-bond donors (Lipinski definition) is 2. The third-order valence-electron chi connectivity index (χ3n) is 2.51. The Labute approximate surface area is 99.6 Å². The summed E-state index contributed by atoms with van der Waals surface area (Å²) in [5.41, 5.74) is 5.83. The lowest BCUT2D eigenvalue weighted by atomic mass is 9.92. The van der Waals surface area contributed by atoms with E-state index in [4.69, 9.17) is 5.73 Å². The molecule has 0 saturated heterocycles. The van der Waals surface area contributed by atoms with Crippen molar-refractivity contribution in [3.63, 3.8) is 0 Å². The van der Waals surface area contributed by atoms with E-state index >= 15 is 0 Å². The van der Waals surface area contributed by atoms with E-state index < -0.39 is 6.04 Å². The Morgan fingerprint density at radius 2 is 1.88 bits per heavy atom. The molecule has 0 saturated carbocycles. The lowest BCUT2D eigenvalue weighted by Gasteiger charge is -2.29. The molecular formula is C12H27N3O. The molecule has 1 unspecified atom stereocenters. The molecule has 1 amide bonds. The van der Waals surface area contributed by atoms with Gasteiger partial charge in [-0.05, 0) is 25.4 Å². The second-order valence-electron chi connectivity index (χ2n) is 5.89. The summed E-state index contributed by atoms with van der Waals surface area (Å²) < 4.78 is 0. The lowest BCUT2D eigenvalue weighted by molar-refractivity contribution is -0.123. The van der Waals surface area contributed by atoms with E-state index in [9.17, 15) is 4.79 Å². The first-order valence-electron chi connectivity index (χ1n) is 5.84. The zero-order chi connectivity index (χ0) is 12.9. The molecule has 0 fully saturated rings. The summed E-state index contributed by atoms with van der Waals surface area (Å²) in [6.45, 7) is 9.77. The Morgan fingerprint density at radius 1 is 1.38 bits per heavy atom. The van der Waals surface area contributed by atoms with Crippen LogP contribution in [0.5, 0.6) is 0 Å². The van der Waals surface area contributed by atoms with Crippen LogP contribution in [0.15, 0.2) is 0 Å². The van der Waals surface area contributed by atoms with E-state index in [0.717, 1.165) is 6.54 Å². The van der Waals surface area contributed by atoms with E-state index in [1.807, 2.05) is 27.9 Å². The van der Waals surface area contributed by atoms with Gasteiger partial charge in [-0.15, -0.1) is 0 Å². The Balaban J connectivity index is 4.09. The summed E-state index contributed by atoms with van der Waals surface area (Å²) >= 11 is 0. The van der Waals surface area contributed by atoms with Crippen LogP contribution >= 0.6 is 0 Å². The van der Waals surface area contributed by atoms with Crippen LogP contribution < -0.4 is 11.1 Å². The lowest BCUT2D eigenvalue weighted by Crippen LogP contribution is -2.48. The molecule has 4 nitrogen and oxygen atoms in total. The van der Waals surface area contributed by atoms with Gasteiger partial charge in [-0.2, -0.15) is 0 Å². The fourth-order valence-electron chi connectivity index (χ4n) is 1.66. The highest BCUT2D eigenvalue weighted by molar-refractivity contribution is 5.81. The molecule has 0 aromatic rings. The molecule has 0 aromatic carbocycles. The zero-order valence-electron chi connectivity index (χ0n) is 11.5. The molecule has 0 bridgehead atoms. The minimum atomic E-state index is -0.407. The van der Waals surface area contributed by atoms with Gasteiger partial charge in [0.2, 0.25) is 5.91 Å². The SMILES string of the molecule is CC(C)C(N)C(=O)NCC(C)(C)CN(C)C. The molecule has 1 atom stereocenters. The highest BCUT2D eigenvalue weighted by atomic mass is 16.2. The first-order chi connectivity index (χ1) is 7.15. The van der Waals surface area contributed by atoms with Crippen LogP contribution in [-0.4, -0.2) is 44.0 Å². The highest BCUT2D eigenvalue weighted by Crippen LogP contribution is 2.14. The number of nitrogens with two attached hydrogens (primary N) is 1. The molecule has 0 heterocycles. The van der Waals surface area contributed by atoms with Gasteiger partial charge in [0, 0.05) is 13.1 Å². The van der Waals surface area contributed by atoms with Gasteiger partial charge in [0.15, 0.2) is 0 Å². The normalized spacial score (nSPS) is 14.3. The quantitative estimate of drug-likeness (QED) is 0.704. The van der Waals surface area contributed by atoms with Gasteiger partial charge in [-0.25, -0.2) is 0 Å². The minimum absolute atomic E-state index is 0.0539. The maximum atomic E-state index is 11.7. The Morgan fingerprint density at radius 3 is 2.25 bits per heavy atom. The molecule has 0 aliphatic carbocycles. The number of hydrogen-bond acceptors (Lipinski definition) is 3. The summed E-state index contributed by atoms with van der Waals surface area (Å²) in [4.78, 5) is 13.8. The molecule has 0 aliphatic heterocycles. The van der Waals surface area contributed by atoms with Gasteiger partial charge in [0.25, 0.3) is 0 Å². The molecular weight excluding hydrogens is 202 g/mol. The van der Waals surface area contributed by atoms with E-state index in [1.165, 1.54) is 0 Å². The van der Waals surface area contributed by atoms with Crippen LogP contribution in [-0.2, 0) is 4.79 Å². The first-order valence-corrected chi connectivity index (χ1v) is 5.84. The smallest absolute Gasteiger partial charge is 0.237 e. The summed E-state index contributed by atoms with van der Waals surface area (Å²) in [5, 5.41) is 2.92. The fraction of sp³-hybridized carbons (Fsp3) is 0.917. The molecule has 0 aromatic heterocycles. The van der Waals surface area contributed by atoms with Crippen LogP contribution in [0.25, 0.3) is 0 Å². The summed E-state index contributed by atoms with van der Waals surface area (Å²) in [7, 11) is 4.06. The molecule has 96 valence electrons. The number of nitrogens with one attached hydrogen (secondary N) is 1. The average molecular weight is 229 g/mol. The van der Waals surface area contributed by atoms with E-state index in [2.05, 4.69) is 24.1 Å². The van der Waals surface area contributed by atoms with Gasteiger partial charge in [0.05, 0.1) is 6.04 Å². The van der Waals surface area contributed by atoms with Crippen molar-refractivity contribution in [2.75, 3.05) is 27.2 Å². The molecule has 0 radical (unpaired) electrons. The van der Waals surface area contributed by atoms with Crippen LogP contribution in [0, 0.1) is 11.3 Å². The van der Waals surface area contributed by atoms with Crippen molar-refractivity contribution in [3.8, 4) is 0 Å². The monoisotopic (exact) mass is 229 g/mol. The first kappa shape index (κ1) is 15.4. The Kier molecular flexibility index (Phi) is 5.97. The maximum absolute atomic E-state index is 11.7. The number of nitrogens with zero attached hydrogens (tertiary/aromatic N) is 1. The van der Waals surface area contributed by atoms with Gasteiger partial charge in [-0.1, -0.05) is 27.7 Å². The van der Waals surface area contributed by atoms with Gasteiger partial charge < -0.3 is 16.0 Å². The topological polar surface area (TPSA) is 58.4 Å². The molecule has 0 rings (SSSR count). The van der Waals surface area contributed by atoms with E-state index in [-0.39, 0.29) is 17.2 Å². The van der Waals surface area contributed by atoms with Crippen molar-refractivity contribution in [3.05, 3.63) is 0 Å². The Bertz CT molecular complexity index is 224. The van der Waals surface area contributed by atoms with Crippen molar-refractivity contribution in [1.82, 2.24) is 10.2 Å². The Hall–Kier alpha value is -0.610.